The molecule has 0 aromatic heterocycles. The Bertz CT molecular complexity index is 979. The molecule has 1 aromatic carbocycles. The molecule has 1 atom stereocenters. The van der Waals surface area contributed by atoms with E-state index in [2.05, 4.69) is 51.2 Å². The first-order chi connectivity index (χ1) is 17.5. The van der Waals surface area contributed by atoms with Gasteiger partial charge in [0.15, 0.2) is 5.78 Å². The second-order valence-electron chi connectivity index (χ2n) is 9.24. The molecule has 204 valence electrons. The van der Waals surface area contributed by atoms with Gasteiger partial charge in [0.25, 0.3) is 0 Å². The molecule has 0 aliphatic rings. The van der Waals surface area contributed by atoms with Crippen molar-refractivity contribution in [2.75, 3.05) is 16.7 Å². The number of thioether (sulfide) groups is 1. The van der Waals surface area contributed by atoms with Gasteiger partial charge in [-0.3, -0.25) is 14.8 Å². The van der Waals surface area contributed by atoms with E-state index in [1.165, 1.54) is 52.7 Å². The number of hydrogen-bond donors (Lipinski definition) is 3. The summed E-state index contributed by atoms with van der Waals surface area (Å²) in [6.07, 6.45) is 10.5. The molecular weight excluding hydrogens is 492 g/mol. The van der Waals surface area contributed by atoms with E-state index in [1.807, 2.05) is 0 Å². The molecule has 0 bridgehead atoms. The largest absolute Gasteiger partial charge is 0.480 e. The van der Waals surface area contributed by atoms with E-state index >= 15 is 0 Å². The number of nitrogens with zero attached hydrogens (tertiary/aromatic N) is 1. The number of benzene rings is 1. The third kappa shape index (κ3) is 14.4. The summed E-state index contributed by atoms with van der Waals surface area (Å²) in [5.74, 6) is -0.998. The SMILES string of the molecule is CC(C)=CCC/C(C)=C/CC/C(C)=C/CSC[C@H](NC(=O)CCC(=O)c1ccc(N(O)[OH2+])cc1)C(=O)O. The Labute approximate surface area is 224 Å². The van der Waals surface area contributed by atoms with Crippen molar-refractivity contribution >= 4 is 35.1 Å². The first-order valence-corrected chi connectivity index (χ1v) is 13.5. The van der Waals surface area contributed by atoms with Crippen molar-refractivity contribution < 1.29 is 29.9 Å². The molecule has 37 heavy (non-hydrogen) atoms. The summed E-state index contributed by atoms with van der Waals surface area (Å²) in [7, 11) is 0. The fourth-order valence-corrected chi connectivity index (χ4v) is 4.33. The van der Waals surface area contributed by atoms with Gasteiger partial charge in [-0.1, -0.05) is 34.9 Å². The van der Waals surface area contributed by atoms with E-state index in [4.69, 9.17) is 10.4 Å². The number of Topliss-reactive ketones (excluding diaryl/α,β-unsaturated/α-hetero) is 1. The molecule has 0 unspecified atom stereocenters. The molecule has 1 rings (SSSR count). The molecule has 1 aromatic rings. The molecule has 0 aliphatic carbocycles. The van der Waals surface area contributed by atoms with E-state index in [1.54, 1.807) is 0 Å². The van der Waals surface area contributed by atoms with Crippen molar-refractivity contribution in [3.05, 3.63) is 64.8 Å². The number of carboxylic acid groups (broad SMARTS) is 1. The number of carbonyl (C=O) groups excluding carboxylic acids is 2. The van der Waals surface area contributed by atoms with E-state index in [0.717, 1.165) is 25.7 Å². The Morgan fingerprint density at radius 1 is 0.946 bits per heavy atom. The zero-order chi connectivity index (χ0) is 27.8. The maximum absolute atomic E-state index is 12.3. The summed E-state index contributed by atoms with van der Waals surface area (Å²) in [6, 6.07) is 4.73. The van der Waals surface area contributed by atoms with Crippen LogP contribution in [0.15, 0.2) is 59.2 Å². The quantitative estimate of drug-likeness (QED) is 0.0824. The molecular formula is C28H41N2O6S+. The van der Waals surface area contributed by atoms with E-state index in [9.17, 15) is 19.5 Å². The van der Waals surface area contributed by atoms with Crippen molar-refractivity contribution in [1.82, 2.24) is 5.32 Å². The lowest BCUT2D eigenvalue weighted by molar-refractivity contribution is -0.141. The lowest BCUT2D eigenvalue weighted by atomic mass is 10.1. The van der Waals surface area contributed by atoms with Crippen LogP contribution in [-0.4, -0.2) is 50.7 Å². The number of aliphatic carboxylic acids is 1. The molecule has 0 heterocycles. The van der Waals surface area contributed by atoms with Gasteiger partial charge in [-0.05, 0) is 82.9 Å². The highest BCUT2D eigenvalue weighted by Crippen LogP contribution is 2.15. The second-order valence-corrected chi connectivity index (χ2v) is 10.3. The van der Waals surface area contributed by atoms with Crippen LogP contribution in [0.4, 0.5) is 5.69 Å². The van der Waals surface area contributed by atoms with Gasteiger partial charge in [-0.25, -0.2) is 10.0 Å². The lowest BCUT2D eigenvalue weighted by Gasteiger charge is -2.14. The standard InChI is InChI=1S/C28H40N2O6S/c1-20(2)7-5-8-21(3)9-6-10-22(4)17-18-37-19-25(28(33)34)29-27(32)16-15-26(31)23-11-13-24(14-12-23)30(35)36/h7,9,11-14,17,25,35-36H,5-6,8,10,15-16,18-19H2,1-4H3,(H,29,32)(H,33,34)/p+1/b21-9+,22-17+/t25-/m0/s1. The van der Waals surface area contributed by atoms with Crippen molar-refractivity contribution in [3.63, 3.8) is 0 Å². The number of nitrogens with one attached hydrogen (secondary N) is 1. The third-order valence-electron chi connectivity index (χ3n) is 5.60. The van der Waals surface area contributed by atoms with Crippen LogP contribution >= 0.6 is 11.8 Å². The Morgan fingerprint density at radius 3 is 2.11 bits per heavy atom. The zero-order valence-corrected chi connectivity index (χ0v) is 23.1. The van der Waals surface area contributed by atoms with Gasteiger partial charge < -0.3 is 10.4 Å². The van der Waals surface area contributed by atoms with Crippen LogP contribution in [0.5, 0.6) is 0 Å². The molecule has 0 saturated heterocycles. The fourth-order valence-electron chi connectivity index (χ4n) is 3.33. The summed E-state index contributed by atoms with van der Waals surface area (Å²) < 4.78 is 0. The van der Waals surface area contributed by atoms with Gasteiger partial charge in [0.05, 0.1) is 0 Å². The molecule has 0 radical (unpaired) electrons. The maximum atomic E-state index is 12.3. The molecule has 5 N–H and O–H groups in total. The number of anilines is 1. The Kier molecular flexibility index (Phi) is 15.3. The molecule has 0 aliphatic heterocycles. The predicted octanol–water partition coefficient (Wildman–Crippen LogP) is 5.21. The fraction of sp³-hybridized carbons (Fsp3) is 0.464. The Balaban J connectivity index is 2.38. The number of allylic oxidation sites excluding steroid dienone is 5. The number of hydrogen-bond acceptors (Lipinski definition) is 6. The first-order valence-electron chi connectivity index (χ1n) is 12.4. The molecule has 9 heteroatoms. The summed E-state index contributed by atoms with van der Waals surface area (Å²) >= 11 is 1.44. The van der Waals surface area contributed by atoms with Crippen molar-refractivity contribution in [3.8, 4) is 0 Å². The predicted molar refractivity (Wildman–Crippen MR) is 150 cm³/mol. The second kappa shape index (κ2) is 17.6. The lowest BCUT2D eigenvalue weighted by Crippen LogP contribution is -2.42. The van der Waals surface area contributed by atoms with Crippen LogP contribution in [0.3, 0.4) is 0 Å². The van der Waals surface area contributed by atoms with Gasteiger partial charge in [0, 0.05) is 29.9 Å². The Morgan fingerprint density at radius 2 is 1.54 bits per heavy atom. The Hall–Kier alpha value is -2.88. The summed E-state index contributed by atoms with van der Waals surface area (Å²) in [4.78, 5) is 36.1. The normalized spacial score (nSPS) is 12.6. The molecule has 0 spiro atoms. The maximum Gasteiger partial charge on any atom is 0.327 e. The van der Waals surface area contributed by atoms with Gasteiger partial charge in [-0.2, -0.15) is 11.8 Å². The average molecular weight is 534 g/mol. The minimum absolute atomic E-state index is 0.0703. The van der Waals surface area contributed by atoms with Crippen molar-refractivity contribution in [2.24, 2.45) is 0 Å². The number of rotatable bonds is 17. The minimum atomic E-state index is -1.11. The average Bonchev–Trinajstić information content (AvgIpc) is 2.84. The van der Waals surface area contributed by atoms with Crippen LogP contribution in [-0.2, 0) is 9.59 Å². The first kappa shape index (κ1) is 32.1. The monoisotopic (exact) mass is 533 g/mol. The zero-order valence-electron chi connectivity index (χ0n) is 22.3. The van der Waals surface area contributed by atoms with Gasteiger partial charge in [0.2, 0.25) is 5.91 Å². The highest BCUT2D eigenvalue weighted by molar-refractivity contribution is 7.99. The van der Waals surface area contributed by atoms with Crippen LogP contribution in [0.25, 0.3) is 0 Å². The van der Waals surface area contributed by atoms with Crippen molar-refractivity contribution in [1.29, 1.82) is 0 Å². The number of amides is 1. The number of carbonyl (C=O) groups is 3. The topological polar surface area (TPSA) is 130 Å². The third-order valence-corrected chi connectivity index (χ3v) is 6.57. The molecule has 0 saturated carbocycles. The van der Waals surface area contributed by atoms with Crippen molar-refractivity contribution in [2.45, 2.75) is 72.3 Å². The highest BCUT2D eigenvalue weighted by Gasteiger charge is 2.20. The smallest absolute Gasteiger partial charge is 0.327 e. The molecule has 8 nitrogen and oxygen atoms in total. The number of carboxylic acids is 1. The van der Waals surface area contributed by atoms with Gasteiger partial charge in [0.1, 0.15) is 11.7 Å². The van der Waals surface area contributed by atoms with E-state index in [0.29, 0.717) is 11.3 Å². The molecule has 1 amide bonds. The highest BCUT2D eigenvalue weighted by atomic mass is 32.2. The summed E-state index contributed by atoms with van der Waals surface area (Å²) in [5, 5.41) is 28.3. The van der Waals surface area contributed by atoms with E-state index < -0.39 is 17.9 Å². The number of ketones is 1. The van der Waals surface area contributed by atoms with E-state index in [-0.39, 0.29) is 35.3 Å². The minimum Gasteiger partial charge on any atom is -0.480 e. The van der Waals surface area contributed by atoms with Crippen LogP contribution in [0, 0.1) is 0 Å². The summed E-state index contributed by atoms with van der Waals surface area (Å²) in [5.41, 5.74) is 4.53. The summed E-state index contributed by atoms with van der Waals surface area (Å²) in [6.45, 7) is 8.45. The van der Waals surface area contributed by atoms with Crippen LogP contribution < -0.4 is 10.5 Å². The van der Waals surface area contributed by atoms with Crippen LogP contribution in [0.1, 0.15) is 76.6 Å². The van der Waals surface area contributed by atoms with Gasteiger partial charge in [-0.15, -0.1) is 0 Å². The molecule has 0 fully saturated rings. The van der Waals surface area contributed by atoms with Gasteiger partial charge >= 0.3 is 5.97 Å². The van der Waals surface area contributed by atoms with Crippen LogP contribution in [0.2, 0.25) is 0 Å².